The Morgan fingerprint density at radius 2 is 1.69 bits per heavy atom. The van der Waals surface area contributed by atoms with Crippen molar-refractivity contribution in [3.8, 4) is 11.3 Å². The van der Waals surface area contributed by atoms with E-state index in [1.165, 1.54) is 41.7 Å². The smallest absolute Gasteiger partial charge is 0.437 e. The van der Waals surface area contributed by atoms with Crippen molar-refractivity contribution in [2.45, 2.75) is 17.9 Å². The number of benzene rings is 2. The van der Waals surface area contributed by atoms with E-state index in [1.54, 1.807) is 30.3 Å². The number of carbonyl (C=O) groups excluding carboxylic acids is 2. The Morgan fingerprint density at radius 3 is 2.31 bits per heavy atom. The van der Waals surface area contributed by atoms with Crippen LogP contribution < -0.4 is 10.6 Å². The zero-order valence-electron chi connectivity index (χ0n) is 16.2. The van der Waals surface area contributed by atoms with E-state index >= 15 is 0 Å². The Labute approximate surface area is 188 Å². The van der Waals surface area contributed by atoms with Gasteiger partial charge < -0.3 is 20.2 Å². The molecule has 4 rings (SSSR count). The molecule has 0 bridgehead atoms. The number of amides is 2. The molecule has 10 heteroatoms. The summed E-state index contributed by atoms with van der Waals surface area (Å²) in [7, 11) is 0. The minimum Gasteiger partial charge on any atom is -0.459 e. The summed E-state index contributed by atoms with van der Waals surface area (Å²) in [6, 6.07) is 14.2. The molecule has 0 aliphatic carbocycles. The Balaban J connectivity index is 1.80. The summed E-state index contributed by atoms with van der Waals surface area (Å²) in [5.74, 6) is -2.94. The first-order valence-electron chi connectivity index (χ1n) is 9.43. The molecule has 0 saturated carbocycles. The topological polar surface area (TPSA) is 91.6 Å². The summed E-state index contributed by atoms with van der Waals surface area (Å²) in [5.41, 5.74) is -3.23. The van der Waals surface area contributed by atoms with Crippen molar-refractivity contribution in [2.75, 3.05) is 0 Å². The van der Waals surface area contributed by atoms with Crippen LogP contribution in [0.15, 0.2) is 75.6 Å². The predicted octanol–water partition coefficient (Wildman–Crippen LogP) is 4.81. The van der Waals surface area contributed by atoms with Crippen molar-refractivity contribution in [3.63, 3.8) is 0 Å². The van der Waals surface area contributed by atoms with E-state index < -0.39 is 35.7 Å². The second kappa shape index (κ2) is 8.10. The summed E-state index contributed by atoms with van der Waals surface area (Å²) in [6.45, 7) is 0. The fourth-order valence-corrected chi connectivity index (χ4v) is 3.91. The second-order valence-corrected chi connectivity index (χ2v) is 8.17. The number of rotatable bonds is 4. The molecule has 6 nitrogen and oxygen atoms in total. The van der Waals surface area contributed by atoms with Crippen LogP contribution in [0.25, 0.3) is 11.3 Å². The number of ketones is 1. The predicted molar refractivity (Wildman–Crippen MR) is 112 cm³/mol. The zero-order valence-corrected chi connectivity index (χ0v) is 17.8. The molecule has 1 saturated heterocycles. The average molecular weight is 509 g/mol. The number of urea groups is 1. The lowest BCUT2D eigenvalue weighted by Crippen LogP contribution is -2.72. The van der Waals surface area contributed by atoms with Gasteiger partial charge in [-0.3, -0.25) is 4.79 Å². The van der Waals surface area contributed by atoms with Crippen LogP contribution in [0, 0.1) is 5.92 Å². The molecule has 1 fully saturated rings. The monoisotopic (exact) mass is 508 g/mol. The van der Waals surface area contributed by atoms with E-state index in [9.17, 15) is 27.9 Å². The number of hydrogen-bond donors (Lipinski definition) is 3. The van der Waals surface area contributed by atoms with E-state index in [0.717, 1.165) is 4.47 Å². The minimum atomic E-state index is -5.33. The van der Waals surface area contributed by atoms with Crippen molar-refractivity contribution < 1.29 is 32.3 Å². The van der Waals surface area contributed by atoms with E-state index in [4.69, 9.17) is 4.42 Å². The maximum Gasteiger partial charge on any atom is 0.437 e. The van der Waals surface area contributed by atoms with Crippen molar-refractivity contribution >= 4 is 27.7 Å². The maximum absolute atomic E-state index is 13.9. The third kappa shape index (κ3) is 3.91. The molecule has 1 aliphatic heterocycles. The Hall–Kier alpha value is -3.11. The molecule has 2 aromatic carbocycles. The molecule has 1 aromatic heterocycles. The van der Waals surface area contributed by atoms with Gasteiger partial charge in [-0.15, -0.1) is 0 Å². The molecule has 2 amide bonds. The highest BCUT2D eigenvalue weighted by atomic mass is 79.9. The van der Waals surface area contributed by atoms with Gasteiger partial charge in [0.05, 0.1) is 0 Å². The van der Waals surface area contributed by atoms with Gasteiger partial charge in [0.25, 0.3) is 0 Å². The maximum atomic E-state index is 13.9. The van der Waals surface area contributed by atoms with Crippen molar-refractivity contribution in [3.05, 3.63) is 82.5 Å². The normalized spacial score (nSPS) is 23.3. The van der Waals surface area contributed by atoms with Crippen LogP contribution in [0.4, 0.5) is 18.0 Å². The van der Waals surface area contributed by atoms with Gasteiger partial charge >= 0.3 is 12.2 Å². The highest BCUT2D eigenvalue weighted by Gasteiger charge is 2.66. The highest BCUT2D eigenvalue weighted by molar-refractivity contribution is 9.10. The van der Waals surface area contributed by atoms with Gasteiger partial charge in [0, 0.05) is 15.6 Å². The second-order valence-electron chi connectivity index (χ2n) is 7.26. The van der Waals surface area contributed by atoms with Crippen LogP contribution in [0.2, 0.25) is 0 Å². The first kappa shape index (κ1) is 22.1. The van der Waals surface area contributed by atoms with Crippen LogP contribution in [0.5, 0.6) is 0 Å². The number of aliphatic hydroxyl groups is 1. The minimum absolute atomic E-state index is 0.0530. The molecule has 166 valence electrons. The van der Waals surface area contributed by atoms with Gasteiger partial charge in [0.1, 0.15) is 23.5 Å². The summed E-state index contributed by atoms with van der Waals surface area (Å²) < 4.78 is 48.4. The van der Waals surface area contributed by atoms with Crippen LogP contribution >= 0.6 is 15.9 Å². The largest absolute Gasteiger partial charge is 0.459 e. The number of nitrogens with one attached hydrogen (secondary N) is 2. The Morgan fingerprint density at radius 1 is 1.03 bits per heavy atom. The molecule has 3 N–H and O–H groups in total. The van der Waals surface area contributed by atoms with Crippen molar-refractivity contribution in [1.29, 1.82) is 0 Å². The lowest BCUT2D eigenvalue weighted by atomic mass is 9.79. The lowest BCUT2D eigenvalue weighted by molar-refractivity contribution is -0.288. The summed E-state index contributed by atoms with van der Waals surface area (Å²) in [6.07, 6.45) is -5.33. The number of alkyl halides is 3. The third-order valence-electron chi connectivity index (χ3n) is 5.21. The summed E-state index contributed by atoms with van der Waals surface area (Å²) in [5, 5.41) is 14.4. The zero-order chi connectivity index (χ0) is 23.1. The van der Waals surface area contributed by atoms with Crippen molar-refractivity contribution in [1.82, 2.24) is 10.6 Å². The van der Waals surface area contributed by atoms with E-state index in [0.29, 0.717) is 11.3 Å². The molecule has 32 heavy (non-hydrogen) atoms. The Bertz CT molecular complexity index is 1150. The molecule has 2 heterocycles. The fraction of sp³-hybridized carbons (Fsp3) is 0.182. The van der Waals surface area contributed by atoms with Crippen LogP contribution in [-0.2, 0) is 0 Å². The molecule has 1 aliphatic rings. The molecule has 3 aromatic rings. The summed E-state index contributed by atoms with van der Waals surface area (Å²) >= 11 is 3.31. The first-order chi connectivity index (χ1) is 15.1. The van der Waals surface area contributed by atoms with Gasteiger partial charge in [-0.2, -0.15) is 13.2 Å². The van der Waals surface area contributed by atoms with Gasteiger partial charge in [0.15, 0.2) is 5.78 Å². The van der Waals surface area contributed by atoms with Crippen molar-refractivity contribution in [2.24, 2.45) is 5.92 Å². The number of carbonyl (C=O) groups is 2. The van der Waals surface area contributed by atoms with Crippen LogP contribution in [0.1, 0.15) is 22.2 Å². The van der Waals surface area contributed by atoms with Crippen LogP contribution in [0.3, 0.4) is 0 Å². The number of Topliss-reactive ketones (excluding diaryl/α,β-unsaturated/α-hetero) is 1. The van der Waals surface area contributed by atoms with Gasteiger partial charge in [-0.05, 0) is 24.3 Å². The first-order valence-corrected chi connectivity index (χ1v) is 10.2. The van der Waals surface area contributed by atoms with Gasteiger partial charge in [-0.25, -0.2) is 4.79 Å². The number of furan rings is 1. The molecular weight excluding hydrogens is 493 g/mol. The third-order valence-corrected chi connectivity index (χ3v) is 5.74. The van der Waals surface area contributed by atoms with Gasteiger partial charge in [0.2, 0.25) is 5.72 Å². The quantitative estimate of drug-likeness (QED) is 0.441. The SMILES string of the molecule is O=C1N[C@H](c2ccc(-c3ccc(Br)cc3)o2)[C@H](C(=O)c2ccccc2)[C@](O)(C(F)(F)F)N1. The van der Waals surface area contributed by atoms with Crippen LogP contribution in [-0.4, -0.2) is 28.8 Å². The summed E-state index contributed by atoms with van der Waals surface area (Å²) in [4.78, 5) is 25.3. The Kier molecular flexibility index (Phi) is 5.59. The fourth-order valence-electron chi connectivity index (χ4n) is 3.65. The van der Waals surface area contributed by atoms with E-state index in [1.807, 2.05) is 0 Å². The number of hydrogen-bond acceptors (Lipinski definition) is 4. The molecular formula is C22H16BrF3N2O4. The van der Waals surface area contributed by atoms with E-state index in [-0.39, 0.29) is 11.3 Å². The number of halogens is 4. The van der Waals surface area contributed by atoms with Gasteiger partial charge in [-0.1, -0.05) is 58.4 Å². The highest BCUT2D eigenvalue weighted by Crippen LogP contribution is 2.44. The molecule has 0 unspecified atom stereocenters. The average Bonchev–Trinajstić information content (AvgIpc) is 3.23. The molecule has 3 atom stereocenters. The molecule has 0 radical (unpaired) electrons. The molecule has 0 spiro atoms. The lowest BCUT2D eigenvalue weighted by Gasteiger charge is -2.44. The van der Waals surface area contributed by atoms with E-state index in [2.05, 4.69) is 21.2 Å². The standard InChI is InChI=1S/C22H16BrF3N2O4/c23-14-8-6-12(7-9-14)15-10-11-16(32-15)18-17(19(29)13-4-2-1-3-5-13)21(31,22(24,25)26)28-20(30)27-18/h1-11,17-18,31H,(H2,27,28,30)/t17-,18-,21+/m1/s1.